The van der Waals surface area contributed by atoms with E-state index in [1.807, 2.05) is 0 Å². The molecule has 0 aromatic heterocycles. The molecule has 5 N–H and O–H groups in total. The number of benzene rings is 1. The Morgan fingerprint density at radius 1 is 1.17 bits per heavy atom. The summed E-state index contributed by atoms with van der Waals surface area (Å²) in [7, 11) is -1.36. The molecule has 8 heteroatoms. The molecule has 0 aliphatic rings. The molecule has 1 unspecified atom stereocenters. The van der Waals surface area contributed by atoms with Crippen LogP contribution in [-0.2, 0) is 4.79 Å². The molecular weight excluding hydrogens is 320 g/mol. The Morgan fingerprint density at radius 2 is 1.78 bits per heavy atom. The Balaban J connectivity index is 2.34. The number of nitrogens with two attached hydrogens (primary N) is 1. The first-order valence-electron chi connectivity index (χ1n) is 7.60. The Hall–Kier alpha value is -1.28. The Labute approximate surface area is 141 Å². The SMILES string of the molecule is NC(CCCCB(O)O)(CCCOc1ccc(Cl)cc1)C(=O)O. The minimum Gasteiger partial charge on any atom is -0.494 e. The quantitative estimate of drug-likeness (QED) is 0.361. The van der Waals surface area contributed by atoms with Crippen molar-refractivity contribution in [1.29, 1.82) is 0 Å². The molecule has 23 heavy (non-hydrogen) atoms. The van der Waals surface area contributed by atoms with E-state index >= 15 is 0 Å². The third kappa shape index (κ3) is 7.70. The van der Waals surface area contributed by atoms with E-state index in [9.17, 15) is 9.90 Å². The van der Waals surface area contributed by atoms with E-state index in [0.29, 0.717) is 36.6 Å². The molecule has 0 radical (unpaired) electrons. The van der Waals surface area contributed by atoms with Crippen LogP contribution in [0.1, 0.15) is 32.1 Å². The summed E-state index contributed by atoms with van der Waals surface area (Å²) in [5, 5.41) is 27.5. The van der Waals surface area contributed by atoms with Crippen LogP contribution >= 0.6 is 11.6 Å². The topological polar surface area (TPSA) is 113 Å². The summed E-state index contributed by atoms with van der Waals surface area (Å²) in [6.45, 7) is 0.364. The number of ether oxygens (including phenoxy) is 1. The summed E-state index contributed by atoms with van der Waals surface area (Å²) in [6.07, 6.45) is 2.35. The zero-order valence-electron chi connectivity index (χ0n) is 12.9. The number of carboxylic acids is 1. The molecule has 0 aliphatic heterocycles. The molecule has 6 nitrogen and oxygen atoms in total. The summed E-state index contributed by atoms with van der Waals surface area (Å²) in [5.74, 6) is -0.377. The highest BCUT2D eigenvalue weighted by Crippen LogP contribution is 2.20. The van der Waals surface area contributed by atoms with Gasteiger partial charge in [0.1, 0.15) is 11.3 Å². The standard InChI is InChI=1S/C15H23BClNO5/c17-12-4-6-13(7-5-12)23-11-3-9-15(18,14(19)20)8-1-2-10-16(21)22/h4-7,21-22H,1-3,8-11,18H2,(H,19,20). The van der Waals surface area contributed by atoms with E-state index in [-0.39, 0.29) is 19.2 Å². The van der Waals surface area contributed by atoms with Gasteiger partial charge in [0, 0.05) is 5.02 Å². The van der Waals surface area contributed by atoms with Crippen molar-refractivity contribution in [2.45, 2.75) is 44.0 Å². The van der Waals surface area contributed by atoms with E-state index in [2.05, 4.69) is 0 Å². The van der Waals surface area contributed by atoms with Crippen LogP contribution in [0.4, 0.5) is 0 Å². The van der Waals surface area contributed by atoms with Gasteiger partial charge in [-0.2, -0.15) is 0 Å². The van der Waals surface area contributed by atoms with E-state index in [4.69, 9.17) is 32.1 Å². The monoisotopic (exact) mass is 343 g/mol. The fourth-order valence-electron chi connectivity index (χ4n) is 2.21. The van der Waals surface area contributed by atoms with Crippen LogP contribution < -0.4 is 10.5 Å². The lowest BCUT2D eigenvalue weighted by Crippen LogP contribution is -2.48. The maximum absolute atomic E-state index is 11.4. The zero-order valence-corrected chi connectivity index (χ0v) is 13.7. The van der Waals surface area contributed by atoms with Crippen LogP contribution in [0.2, 0.25) is 11.3 Å². The van der Waals surface area contributed by atoms with Crippen molar-refractivity contribution in [2.75, 3.05) is 6.61 Å². The number of aliphatic carboxylic acids is 1. The van der Waals surface area contributed by atoms with Crippen molar-refractivity contribution in [2.24, 2.45) is 5.73 Å². The Kier molecular flexibility index (Phi) is 8.40. The number of carboxylic acid groups (broad SMARTS) is 1. The summed E-state index contributed by atoms with van der Waals surface area (Å²) < 4.78 is 5.52. The molecule has 128 valence electrons. The highest BCUT2D eigenvalue weighted by molar-refractivity contribution is 6.40. The van der Waals surface area contributed by atoms with Crippen molar-refractivity contribution in [3.8, 4) is 5.75 Å². The second kappa shape index (κ2) is 9.77. The first-order chi connectivity index (χ1) is 10.8. The van der Waals surface area contributed by atoms with Gasteiger partial charge in [0.05, 0.1) is 6.61 Å². The predicted octanol–water partition coefficient (Wildman–Crippen LogP) is 1.92. The zero-order chi connectivity index (χ0) is 17.3. The van der Waals surface area contributed by atoms with Crippen LogP contribution in [-0.4, -0.2) is 40.4 Å². The smallest absolute Gasteiger partial charge is 0.451 e. The van der Waals surface area contributed by atoms with E-state index < -0.39 is 18.6 Å². The van der Waals surface area contributed by atoms with Gasteiger partial charge in [0.15, 0.2) is 0 Å². The van der Waals surface area contributed by atoms with Crippen LogP contribution in [0.15, 0.2) is 24.3 Å². The van der Waals surface area contributed by atoms with Gasteiger partial charge >= 0.3 is 13.1 Å². The maximum Gasteiger partial charge on any atom is 0.451 e. The van der Waals surface area contributed by atoms with Gasteiger partial charge in [0.2, 0.25) is 0 Å². The summed E-state index contributed by atoms with van der Waals surface area (Å²) in [4.78, 5) is 11.4. The number of unbranched alkanes of at least 4 members (excludes halogenated alkanes) is 1. The molecule has 1 aromatic rings. The molecule has 0 aliphatic carbocycles. The van der Waals surface area contributed by atoms with Crippen LogP contribution in [0.3, 0.4) is 0 Å². The summed E-state index contributed by atoms with van der Waals surface area (Å²) in [6, 6.07) is 6.93. The molecule has 0 saturated heterocycles. The van der Waals surface area contributed by atoms with Crippen LogP contribution in [0.5, 0.6) is 5.75 Å². The molecule has 1 aromatic carbocycles. The minimum absolute atomic E-state index is 0.218. The third-order valence-electron chi connectivity index (χ3n) is 3.61. The third-order valence-corrected chi connectivity index (χ3v) is 3.86. The molecule has 0 bridgehead atoms. The largest absolute Gasteiger partial charge is 0.494 e. The maximum atomic E-state index is 11.4. The fraction of sp³-hybridized carbons (Fsp3) is 0.533. The van der Waals surface area contributed by atoms with Crippen molar-refractivity contribution in [3.05, 3.63) is 29.3 Å². The molecule has 0 saturated carbocycles. The van der Waals surface area contributed by atoms with Gasteiger partial charge < -0.3 is 25.6 Å². The summed E-state index contributed by atoms with van der Waals surface area (Å²) >= 11 is 5.78. The van der Waals surface area contributed by atoms with Gasteiger partial charge in [-0.05, 0) is 49.8 Å². The van der Waals surface area contributed by atoms with E-state index in [1.165, 1.54) is 0 Å². The number of carbonyl (C=O) groups is 1. The van der Waals surface area contributed by atoms with Gasteiger partial charge in [-0.3, -0.25) is 4.79 Å². The van der Waals surface area contributed by atoms with Crippen molar-refractivity contribution < 1.29 is 24.7 Å². The molecule has 0 spiro atoms. The summed E-state index contributed by atoms with van der Waals surface area (Å²) in [5.41, 5.74) is 4.64. The van der Waals surface area contributed by atoms with Gasteiger partial charge in [0.25, 0.3) is 0 Å². The van der Waals surface area contributed by atoms with Crippen molar-refractivity contribution in [3.63, 3.8) is 0 Å². The van der Waals surface area contributed by atoms with Gasteiger partial charge in [-0.1, -0.05) is 24.4 Å². The predicted molar refractivity (Wildman–Crippen MR) is 89.6 cm³/mol. The van der Waals surface area contributed by atoms with Crippen molar-refractivity contribution >= 4 is 24.7 Å². The first-order valence-corrected chi connectivity index (χ1v) is 7.98. The lowest BCUT2D eigenvalue weighted by atomic mass is 9.81. The van der Waals surface area contributed by atoms with Crippen LogP contribution in [0, 0.1) is 0 Å². The minimum atomic E-state index is -1.36. The molecule has 0 fully saturated rings. The van der Waals surface area contributed by atoms with Crippen molar-refractivity contribution in [1.82, 2.24) is 0 Å². The normalized spacial score (nSPS) is 13.4. The number of rotatable bonds is 11. The molecule has 0 amide bonds. The average Bonchev–Trinajstić information content (AvgIpc) is 2.49. The Morgan fingerprint density at radius 3 is 2.35 bits per heavy atom. The lowest BCUT2D eigenvalue weighted by Gasteiger charge is -2.24. The number of halogens is 1. The van der Waals surface area contributed by atoms with E-state index in [0.717, 1.165) is 0 Å². The van der Waals surface area contributed by atoms with E-state index in [1.54, 1.807) is 24.3 Å². The molecule has 1 rings (SSSR count). The lowest BCUT2D eigenvalue weighted by molar-refractivity contribution is -0.144. The highest BCUT2D eigenvalue weighted by atomic mass is 35.5. The second-order valence-electron chi connectivity index (χ2n) is 5.59. The fourth-order valence-corrected chi connectivity index (χ4v) is 2.34. The molecule has 0 heterocycles. The second-order valence-corrected chi connectivity index (χ2v) is 6.03. The number of hydrogen-bond donors (Lipinski definition) is 4. The number of hydrogen-bond acceptors (Lipinski definition) is 5. The molecule has 1 atom stereocenters. The van der Waals surface area contributed by atoms with Gasteiger partial charge in [-0.25, -0.2) is 0 Å². The first kappa shape index (κ1) is 19.8. The molecular formula is C15H23BClNO5. The van der Waals surface area contributed by atoms with Gasteiger partial charge in [-0.15, -0.1) is 0 Å². The van der Waals surface area contributed by atoms with Crippen LogP contribution in [0.25, 0.3) is 0 Å². The average molecular weight is 344 g/mol. The Bertz CT molecular complexity index is 485. The highest BCUT2D eigenvalue weighted by Gasteiger charge is 2.32.